The molecule has 0 aliphatic heterocycles. The van der Waals surface area contributed by atoms with Gasteiger partial charge in [0.15, 0.2) is 0 Å². The van der Waals surface area contributed by atoms with Crippen LogP contribution < -0.4 is 0 Å². The van der Waals surface area contributed by atoms with Crippen LogP contribution in [0.25, 0.3) is 0 Å². The van der Waals surface area contributed by atoms with Gasteiger partial charge in [0.25, 0.3) is 0 Å². The Hall–Kier alpha value is 0.692. The van der Waals surface area contributed by atoms with Gasteiger partial charge in [-0.3, -0.25) is 6.58 Å². The molecule has 0 saturated heterocycles. The fourth-order valence-electron chi connectivity index (χ4n) is 0. The molecule has 0 aromatic carbocycles. The molecule has 0 amide bonds. The summed E-state index contributed by atoms with van der Waals surface area (Å²) >= 11 is 0. The summed E-state index contributed by atoms with van der Waals surface area (Å²) in [5, 5.41) is 0. The second-order valence-electron chi connectivity index (χ2n) is 0. The van der Waals surface area contributed by atoms with Gasteiger partial charge in [-0.2, -0.15) is 0 Å². The van der Waals surface area contributed by atoms with E-state index in [2.05, 4.69) is 13.2 Å². The zero-order chi connectivity index (χ0) is 2.00. The predicted molar refractivity (Wildman–Crippen MR) is 17.2 cm³/mol. The predicted octanol–water partition coefficient (Wildman–Crippen LogP) is 1.02. The van der Waals surface area contributed by atoms with E-state index in [0.717, 1.165) is 0 Å². The van der Waals surface area contributed by atoms with Gasteiger partial charge in [0, 0.05) is 20.4 Å². The van der Waals surface area contributed by atoms with Crippen molar-refractivity contribution >= 4 is 12.4 Å². The van der Waals surface area contributed by atoms with E-state index < -0.39 is 0 Å². The third-order valence-corrected chi connectivity index (χ3v) is 0. The number of rotatable bonds is 0. The summed E-state index contributed by atoms with van der Waals surface area (Å²) in [6.45, 7) is 7.00. The van der Waals surface area contributed by atoms with E-state index in [9.17, 15) is 0 Å². The van der Waals surface area contributed by atoms with E-state index >= 15 is 0 Å². The summed E-state index contributed by atoms with van der Waals surface area (Å²) in [5.74, 6) is 0. The van der Waals surface area contributed by atoms with Gasteiger partial charge in [0.2, 0.25) is 0 Å². The maximum Gasteiger partial charge on any atom is 0 e. The van der Waals surface area contributed by atoms with Gasteiger partial charge in [0.05, 0.1) is 0 Å². The minimum atomic E-state index is 0. The Kier molecular flexibility index (Phi) is 312. The van der Waals surface area contributed by atoms with Crippen LogP contribution in [-0.4, -0.2) is 0 Å². The Labute approximate surface area is 46.3 Å². The summed E-state index contributed by atoms with van der Waals surface area (Å²) in [5.41, 5.74) is 0. The summed E-state index contributed by atoms with van der Waals surface area (Å²) in [7, 11) is 0. The maximum absolute atomic E-state index is 4.25. The molecule has 0 fully saturated rings. The summed E-state index contributed by atoms with van der Waals surface area (Å²) in [6.07, 6.45) is 0. The molecule has 0 aromatic rings. The molecule has 0 saturated carbocycles. The summed E-state index contributed by atoms with van der Waals surface area (Å²) < 4.78 is 0. The average Bonchev–Trinajstić information content (AvgIpc) is 1.00. The van der Waals surface area contributed by atoms with Gasteiger partial charge in [-0.1, -0.05) is 0 Å². The monoisotopic (exact) mass is 169 g/mol. The zero-order valence-electron chi connectivity index (χ0n) is 2.01. The molecule has 0 radical (unpaired) electrons. The molecule has 0 aliphatic carbocycles. The molecule has 0 atom stereocenters. The van der Waals surface area contributed by atoms with Gasteiger partial charge < -0.3 is 6.58 Å². The van der Waals surface area contributed by atoms with Crippen LogP contribution in [0.1, 0.15) is 0 Å². The van der Waals surface area contributed by atoms with E-state index in [4.69, 9.17) is 0 Å². The number of hydrogen-bond acceptors (Lipinski definition) is 0. The molecule has 0 aromatic heterocycles. The largest absolute Gasteiger partial charge is 0.521 e. The smallest absolute Gasteiger partial charge is 0 e. The van der Waals surface area contributed by atoms with Gasteiger partial charge in [-0.05, 0) is 0 Å². The molecule has 0 unspecified atom stereocenters. The van der Waals surface area contributed by atoms with Crippen LogP contribution in [0.15, 0.2) is 6.58 Å². The molecule has 0 rings (SSSR count). The van der Waals surface area contributed by atoms with Crippen molar-refractivity contribution in [2.45, 2.75) is 0 Å². The first-order valence-electron chi connectivity index (χ1n) is 0.408. The quantitative estimate of drug-likeness (QED) is 0.376. The Bertz CT molecular complexity index is 6.00. The van der Waals surface area contributed by atoms with Crippen molar-refractivity contribution in [3.05, 3.63) is 13.2 Å². The fourth-order valence-corrected chi connectivity index (χ4v) is 0. The Morgan fingerprint density at radius 3 is 1.25 bits per heavy atom. The molecule has 0 bridgehead atoms. The molecular formula is C2H4ClPd-. The van der Waals surface area contributed by atoms with Gasteiger partial charge >= 0.3 is 0 Å². The van der Waals surface area contributed by atoms with Crippen molar-refractivity contribution < 1.29 is 20.4 Å². The van der Waals surface area contributed by atoms with Crippen molar-refractivity contribution in [2.75, 3.05) is 0 Å². The maximum atomic E-state index is 4.25. The second-order valence-corrected chi connectivity index (χ2v) is 0. The van der Waals surface area contributed by atoms with Crippen LogP contribution in [0.3, 0.4) is 0 Å². The topological polar surface area (TPSA) is 0 Å². The first-order valence-corrected chi connectivity index (χ1v) is 0.408. The van der Waals surface area contributed by atoms with Gasteiger partial charge in [-0.15, -0.1) is 12.4 Å². The van der Waals surface area contributed by atoms with E-state index in [0.29, 0.717) is 0 Å². The van der Waals surface area contributed by atoms with E-state index in [1.165, 1.54) is 0 Å². The van der Waals surface area contributed by atoms with Crippen molar-refractivity contribution in [3.8, 4) is 0 Å². The van der Waals surface area contributed by atoms with Gasteiger partial charge in [0.1, 0.15) is 0 Å². The minimum Gasteiger partial charge on any atom is -0.521 e. The van der Waals surface area contributed by atoms with Gasteiger partial charge in [-0.25, -0.2) is 0 Å². The Balaban J connectivity index is -0.00000000500. The molecule has 0 aliphatic rings. The standard InChI is InChI=1S/C2H3.ClH.Pd/c1-2;;/h1H,2H2;1H;/q-1;;. The zero-order valence-corrected chi connectivity index (χ0v) is 4.38. The molecule has 30 valence electrons. The van der Waals surface area contributed by atoms with E-state index in [-0.39, 0.29) is 32.8 Å². The number of halogens is 1. The second kappa shape index (κ2) is 55.8. The van der Waals surface area contributed by atoms with Crippen LogP contribution in [0.5, 0.6) is 0 Å². The number of hydrogen-bond donors (Lipinski definition) is 0. The van der Waals surface area contributed by atoms with Crippen molar-refractivity contribution in [1.29, 1.82) is 0 Å². The van der Waals surface area contributed by atoms with Crippen LogP contribution in [0.2, 0.25) is 0 Å². The molecule has 0 spiro atoms. The van der Waals surface area contributed by atoms with Crippen molar-refractivity contribution in [1.82, 2.24) is 0 Å². The van der Waals surface area contributed by atoms with E-state index in [1.807, 2.05) is 0 Å². The fraction of sp³-hybridized carbons (Fsp3) is 0. The minimum absolute atomic E-state index is 0. The van der Waals surface area contributed by atoms with Crippen molar-refractivity contribution in [2.24, 2.45) is 0 Å². The first-order chi connectivity index (χ1) is 1.00. The van der Waals surface area contributed by atoms with Crippen LogP contribution in [-0.2, 0) is 20.4 Å². The van der Waals surface area contributed by atoms with E-state index in [1.54, 1.807) is 0 Å². The summed E-state index contributed by atoms with van der Waals surface area (Å²) in [4.78, 5) is 0. The van der Waals surface area contributed by atoms with Crippen LogP contribution >= 0.6 is 12.4 Å². The van der Waals surface area contributed by atoms with Crippen LogP contribution in [0.4, 0.5) is 0 Å². The molecule has 0 N–H and O–H groups in total. The third-order valence-electron chi connectivity index (χ3n) is 0. The normalized spacial score (nSPS) is 1.00. The molecule has 0 heterocycles. The average molecular weight is 170 g/mol. The first kappa shape index (κ1) is 22.3. The molecule has 4 heavy (non-hydrogen) atoms. The Morgan fingerprint density at radius 1 is 1.25 bits per heavy atom. The van der Waals surface area contributed by atoms with Crippen molar-refractivity contribution in [3.63, 3.8) is 0 Å². The summed E-state index contributed by atoms with van der Waals surface area (Å²) in [6, 6.07) is 0. The molecule has 0 nitrogen and oxygen atoms in total. The third kappa shape index (κ3) is 16.1. The Morgan fingerprint density at radius 2 is 1.25 bits per heavy atom. The molecule has 2 heteroatoms. The van der Waals surface area contributed by atoms with Crippen LogP contribution in [0, 0.1) is 6.58 Å². The SMILES string of the molecule is Cl.[CH-]=C.[Pd]. The molecular weight excluding hydrogens is 166 g/mol.